The van der Waals surface area contributed by atoms with Crippen molar-refractivity contribution in [2.45, 2.75) is 58.3 Å². The van der Waals surface area contributed by atoms with Gasteiger partial charge in [0.15, 0.2) is 6.29 Å². The Morgan fingerprint density at radius 2 is 1.88 bits per heavy atom. The highest BCUT2D eigenvalue weighted by Crippen LogP contribution is 2.48. The molecule has 5 nitrogen and oxygen atoms in total. The van der Waals surface area contributed by atoms with Gasteiger partial charge in [-0.25, -0.2) is 0 Å². The summed E-state index contributed by atoms with van der Waals surface area (Å²) in [6.07, 6.45) is 0.475. The summed E-state index contributed by atoms with van der Waals surface area (Å²) < 4.78 is 41.2. The molecule has 136 valence electrons. The largest absolute Gasteiger partial charge is 0.353 e. The third kappa shape index (κ3) is 4.57. The Kier molecular flexibility index (Phi) is 6.07. The molecular formula is C18H28O5S. The predicted octanol–water partition coefficient (Wildman–Crippen LogP) is 3.51. The van der Waals surface area contributed by atoms with E-state index >= 15 is 0 Å². The lowest BCUT2D eigenvalue weighted by Crippen LogP contribution is -2.53. The third-order valence-electron chi connectivity index (χ3n) is 4.47. The summed E-state index contributed by atoms with van der Waals surface area (Å²) in [5, 5.41) is 0. The van der Waals surface area contributed by atoms with Crippen LogP contribution < -0.4 is 0 Å². The summed E-state index contributed by atoms with van der Waals surface area (Å²) in [5.41, 5.74) is 1.00. The first kappa shape index (κ1) is 19.4. The quantitative estimate of drug-likeness (QED) is 0.527. The molecule has 0 heterocycles. The molecule has 24 heavy (non-hydrogen) atoms. The highest BCUT2D eigenvalue weighted by atomic mass is 32.2. The van der Waals surface area contributed by atoms with Crippen molar-refractivity contribution < 1.29 is 22.1 Å². The normalized spacial score (nSPS) is 24.4. The van der Waals surface area contributed by atoms with Crippen LogP contribution in [-0.2, 0) is 23.8 Å². The van der Waals surface area contributed by atoms with Crippen molar-refractivity contribution in [2.24, 2.45) is 11.3 Å². The first-order chi connectivity index (χ1) is 11.2. The van der Waals surface area contributed by atoms with E-state index in [1.165, 1.54) is 0 Å². The second kappa shape index (κ2) is 7.52. The Morgan fingerprint density at radius 1 is 1.25 bits per heavy atom. The zero-order chi connectivity index (χ0) is 18.0. The minimum atomic E-state index is -3.73. The van der Waals surface area contributed by atoms with E-state index in [2.05, 4.69) is 13.8 Å². The minimum Gasteiger partial charge on any atom is -0.353 e. The van der Waals surface area contributed by atoms with Crippen LogP contribution in [0.25, 0.3) is 0 Å². The van der Waals surface area contributed by atoms with Gasteiger partial charge in [0, 0.05) is 12.5 Å². The topological polar surface area (TPSA) is 61.8 Å². The Morgan fingerprint density at radius 3 is 2.42 bits per heavy atom. The van der Waals surface area contributed by atoms with Crippen LogP contribution >= 0.6 is 0 Å². The average molecular weight is 356 g/mol. The molecular weight excluding hydrogens is 328 g/mol. The lowest BCUT2D eigenvalue weighted by Gasteiger charge is -2.51. The molecule has 0 aliphatic heterocycles. The molecule has 1 aliphatic carbocycles. The van der Waals surface area contributed by atoms with Gasteiger partial charge in [0.05, 0.1) is 17.6 Å². The number of ether oxygens (including phenoxy) is 2. The van der Waals surface area contributed by atoms with Crippen molar-refractivity contribution in [3.8, 4) is 0 Å². The predicted molar refractivity (Wildman–Crippen MR) is 92.2 cm³/mol. The third-order valence-corrected chi connectivity index (χ3v) is 5.77. The maximum Gasteiger partial charge on any atom is 0.296 e. The number of rotatable bonds is 8. The van der Waals surface area contributed by atoms with E-state index in [0.29, 0.717) is 6.61 Å². The molecule has 0 amide bonds. The van der Waals surface area contributed by atoms with Crippen LogP contribution in [0, 0.1) is 18.3 Å². The zero-order valence-corrected chi connectivity index (χ0v) is 15.9. The van der Waals surface area contributed by atoms with E-state index in [9.17, 15) is 8.42 Å². The number of hydrogen-bond donors (Lipinski definition) is 0. The van der Waals surface area contributed by atoms with E-state index in [4.69, 9.17) is 13.7 Å². The molecule has 0 radical (unpaired) electrons. The molecule has 0 saturated heterocycles. The summed E-state index contributed by atoms with van der Waals surface area (Å²) >= 11 is 0. The summed E-state index contributed by atoms with van der Waals surface area (Å²) in [6, 6.07) is 6.66. The average Bonchev–Trinajstić information content (AvgIpc) is 2.50. The fourth-order valence-electron chi connectivity index (χ4n) is 3.25. The van der Waals surface area contributed by atoms with Gasteiger partial charge in [0.1, 0.15) is 0 Å². The Bertz CT molecular complexity index is 636. The first-order valence-electron chi connectivity index (χ1n) is 8.39. The van der Waals surface area contributed by atoms with Gasteiger partial charge >= 0.3 is 0 Å². The molecule has 2 rings (SSSR count). The zero-order valence-electron chi connectivity index (χ0n) is 15.1. The highest BCUT2D eigenvalue weighted by Gasteiger charge is 2.49. The van der Waals surface area contributed by atoms with Crippen LogP contribution in [0.4, 0.5) is 0 Å². The van der Waals surface area contributed by atoms with Crippen molar-refractivity contribution in [3.63, 3.8) is 0 Å². The van der Waals surface area contributed by atoms with E-state index in [0.717, 1.165) is 12.0 Å². The van der Waals surface area contributed by atoms with Crippen LogP contribution in [0.5, 0.6) is 0 Å². The van der Waals surface area contributed by atoms with Crippen LogP contribution in [0.3, 0.4) is 0 Å². The van der Waals surface area contributed by atoms with E-state index < -0.39 is 10.1 Å². The number of benzene rings is 1. The summed E-state index contributed by atoms with van der Waals surface area (Å²) in [7, 11) is -3.73. The van der Waals surface area contributed by atoms with Crippen LogP contribution in [0.1, 0.15) is 39.7 Å². The first-order valence-corrected chi connectivity index (χ1v) is 9.79. The second-order valence-electron chi connectivity index (χ2n) is 7.08. The van der Waals surface area contributed by atoms with Crippen molar-refractivity contribution in [1.82, 2.24) is 0 Å². The summed E-state index contributed by atoms with van der Waals surface area (Å²) in [5.74, 6) is 0.0446. The van der Waals surface area contributed by atoms with Crippen molar-refractivity contribution in [2.75, 3.05) is 13.2 Å². The van der Waals surface area contributed by atoms with E-state index in [-0.39, 0.29) is 35.2 Å². The van der Waals surface area contributed by atoms with Crippen LogP contribution in [0.2, 0.25) is 0 Å². The molecule has 1 aromatic carbocycles. The molecule has 1 fully saturated rings. The van der Waals surface area contributed by atoms with Gasteiger partial charge in [0.25, 0.3) is 10.1 Å². The van der Waals surface area contributed by atoms with Gasteiger partial charge in [-0.15, -0.1) is 0 Å². The molecule has 6 heteroatoms. The smallest absolute Gasteiger partial charge is 0.296 e. The van der Waals surface area contributed by atoms with E-state index in [1.807, 2.05) is 20.8 Å². The van der Waals surface area contributed by atoms with Gasteiger partial charge < -0.3 is 9.47 Å². The van der Waals surface area contributed by atoms with Gasteiger partial charge in [-0.2, -0.15) is 8.42 Å². The SMILES string of the molecule is CCOC(C)O[C@@H]1[C@H](COS(=O)(=O)c2ccc(C)cc2)CC1(C)C. The maximum absolute atomic E-state index is 12.3. The van der Waals surface area contributed by atoms with Crippen molar-refractivity contribution >= 4 is 10.1 Å². The van der Waals surface area contributed by atoms with Gasteiger partial charge in [0.2, 0.25) is 0 Å². The van der Waals surface area contributed by atoms with Crippen molar-refractivity contribution in [3.05, 3.63) is 29.8 Å². The molecule has 3 atom stereocenters. The molecule has 1 aliphatic rings. The maximum atomic E-state index is 12.3. The van der Waals surface area contributed by atoms with Gasteiger partial charge in [-0.3, -0.25) is 4.18 Å². The van der Waals surface area contributed by atoms with Crippen molar-refractivity contribution in [1.29, 1.82) is 0 Å². The monoisotopic (exact) mass is 356 g/mol. The van der Waals surface area contributed by atoms with Gasteiger partial charge in [-0.1, -0.05) is 31.5 Å². The lowest BCUT2D eigenvalue weighted by molar-refractivity contribution is -0.238. The van der Waals surface area contributed by atoms with Crippen LogP contribution in [0.15, 0.2) is 29.2 Å². The Labute approximate surface area is 145 Å². The molecule has 0 N–H and O–H groups in total. The molecule has 1 saturated carbocycles. The molecule has 0 aromatic heterocycles. The lowest BCUT2D eigenvalue weighted by atomic mass is 9.62. The Balaban J connectivity index is 1.96. The molecule has 0 bridgehead atoms. The minimum absolute atomic E-state index is 0.00694. The fourth-order valence-corrected chi connectivity index (χ4v) is 4.21. The highest BCUT2D eigenvalue weighted by molar-refractivity contribution is 7.86. The second-order valence-corrected chi connectivity index (χ2v) is 8.70. The number of hydrogen-bond acceptors (Lipinski definition) is 5. The fraction of sp³-hybridized carbons (Fsp3) is 0.667. The van der Waals surface area contributed by atoms with Crippen LogP contribution in [-0.4, -0.2) is 34.0 Å². The van der Waals surface area contributed by atoms with Gasteiger partial charge in [-0.05, 0) is 44.7 Å². The molecule has 1 aromatic rings. The molecule has 0 spiro atoms. The summed E-state index contributed by atoms with van der Waals surface area (Å²) in [4.78, 5) is 0.187. The number of aryl methyl sites for hydroxylation is 1. The molecule has 1 unspecified atom stereocenters. The Hall–Kier alpha value is -0.950. The summed E-state index contributed by atoms with van der Waals surface area (Å²) in [6.45, 7) is 10.6. The standard InChI is InChI=1S/C18H28O5S/c1-6-21-14(3)23-17-15(11-18(17,4)5)12-22-24(19,20)16-9-7-13(2)8-10-16/h7-10,14-15,17H,6,11-12H2,1-5H3/t14?,15-,17+/m0/s1. The van der Waals surface area contributed by atoms with E-state index in [1.54, 1.807) is 24.3 Å².